The first-order chi connectivity index (χ1) is 15.1. The van der Waals surface area contributed by atoms with E-state index in [1.54, 1.807) is 7.11 Å². The van der Waals surface area contributed by atoms with Gasteiger partial charge in [0.15, 0.2) is 6.10 Å². The molecule has 0 N–H and O–H groups in total. The predicted molar refractivity (Wildman–Crippen MR) is 121 cm³/mol. The molecular formula is C26H26N2O3. The second kappa shape index (κ2) is 9.47. The van der Waals surface area contributed by atoms with Gasteiger partial charge < -0.3 is 14.5 Å². The van der Waals surface area contributed by atoms with Crippen molar-refractivity contribution in [3.63, 3.8) is 0 Å². The van der Waals surface area contributed by atoms with Gasteiger partial charge in [0.1, 0.15) is 5.75 Å². The highest BCUT2D eigenvalue weighted by molar-refractivity contribution is 6.03. The molecule has 1 heterocycles. The Morgan fingerprint density at radius 2 is 1.74 bits per heavy atom. The predicted octanol–water partition coefficient (Wildman–Crippen LogP) is 4.84. The maximum Gasteiger partial charge on any atom is 0.254 e. The molecule has 0 radical (unpaired) electrons. The van der Waals surface area contributed by atoms with Crippen molar-refractivity contribution in [1.29, 1.82) is 0 Å². The zero-order valence-electron chi connectivity index (χ0n) is 17.8. The molecule has 1 atom stereocenters. The van der Waals surface area contributed by atoms with Gasteiger partial charge in [0.05, 0.1) is 19.4 Å². The van der Waals surface area contributed by atoms with Crippen LogP contribution in [0.25, 0.3) is 0 Å². The number of amides is 1. The summed E-state index contributed by atoms with van der Waals surface area (Å²) in [6.07, 6.45) is 0.408. The molecule has 0 saturated carbocycles. The summed E-state index contributed by atoms with van der Waals surface area (Å²) in [6, 6.07) is 25.4. The van der Waals surface area contributed by atoms with Crippen molar-refractivity contribution in [2.45, 2.75) is 26.0 Å². The van der Waals surface area contributed by atoms with Crippen LogP contribution >= 0.6 is 0 Å². The highest BCUT2D eigenvalue weighted by Crippen LogP contribution is 2.25. The molecule has 1 aliphatic heterocycles. The largest absolute Gasteiger partial charge is 0.496 e. The number of rotatable bonds is 7. The van der Waals surface area contributed by atoms with Crippen LogP contribution < -0.4 is 4.74 Å². The minimum Gasteiger partial charge on any atom is -0.496 e. The van der Waals surface area contributed by atoms with E-state index in [1.165, 1.54) is 0 Å². The monoisotopic (exact) mass is 414 g/mol. The van der Waals surface area contributed by atoms with Gasteiger partial charge in [-0.2, -0.15) is 0 Å². The van der Waals surface area contributed by atoms with Gasteiger partial charge in [-0.05, 0) is 36.8 Å². The summed E-state index contributed by atoms with van der Waals surface area (Å²) in [5.41, 5.74) is 4.63. The Morgan fingerprint density at radius 1 is 1.03 bits per heavy atom. The molecule has 31 heavy (non-hydrogen) atoms. The fourth-order valence-corrected chi connectivity index (χ4v) is 3.72. The second-order valence-corrected chi connectivity index (χ2v) is 7.71. The Bertz CT molecular complexity index is 1060. The Morgan fingerprint density at radius 3 is 2.48 bits per heavy atom. The molecule has 1 aliphatic rings. The summed E-state index contributed by atoms with van der Waals surface area (Å²) in [7, 11) is 1.65. The van der Waals surface area contributed by atoms with Gasteiger partial charge in [-0.1, -0.05) is 65.3 Å². The van der Waals surface area contributed by atoms with Crippen molar-refractivity contribution < 1.29 is 14.4 Å². The number of hydrogen-bond donors (Lipinski definition) is 0. The van der Waals surface area contributed by atoms with Crippen LogP contribution in [0, 0.1) is 6.92 Å². The number of hydrogen-bond acceptors (Lipinski definition) is 4. The zero-order valence-corrected chi connectivity index (χ0v) is 17.8. The average Bonchev–Trinajstić information content (AvgIpc) is 3.28. The zero-order chi connectivity index (χ0) is 21.6. The van der Waals surface area contributed by atoms with Crippen molar-refractivity contribution in [2.75, 3.05) is 13.7 Å². The number of oxime groups is 1. The van der Waals surface area contributed by atoms with Crippen LogP contribution in [0.2, 0.25) is 0 Å². The van der Waals surface area contributed by atoms with Crippen molar-refractivity contribution in [1.82, 2.24) is 4.90 Å². The Kier molecular flexibility index (Phi) is 6.32. The van der Waals surface area contributed by atoms with Crippen LogP contribution in [-0.2, 0) is 11.4 Å². The molecular weight excluding hydrogens is 388 g/mol. The lowest BCUT2D eigenvalue weighted by atomic mass is 10.0. The average molecular weight is 415 g/mol. The molecule has 5 nitrogen and oxygen atoms in total. The lowest BCUT2D eigenvalue weighted by molar-refractivity contribution is 0.0405. The number of carbonyl (C=O) groups excluding carboxylic acids is 1. The smallest absolute Gasteiger partial charge is 0.254 e. The first-order valence-corrected chi connectivity index (χ1v) is 10.4. The van der Waals surface area contributed by atoms with Crippen LogP contribution in [0.1, 0.15) is 33.5 Å². The van der Waals surface area contributed by atoms with E-state index in [2.05, 4.69) is 5.16 Å². The van der Waals surface area contributed by atoms with Gasteiger partial charge in [-0.3, -0.25) is 4.79 Å². The normalized spacial score (nSPS) is 15.2. The summed E-state index contributed by atoms with van der Waals surface area (Å²) in [5, 5.41) is 4.30. The minimum absolute atomic E-state index is 0.0156. The minimum atomic E-state index is -0.210. The highest BCUT2D eigenvalue weighted by Gasteiger charge is 2.28. The molecule has 4 rings (SSSR count). The highest BCUT2D eigenvalue weighted by atomic mass is 16.6. The molecule has 5 heteroatoms. The summed E-state index contributed by atoms with van der Waals surface area (Å²) in [6.45, 7) is 2.97. The van der Waals surface area contributed by atoms with Crippen molar-refractivity contribution in [3.8, 4) is 5.75 Å². The van der Waals surface area contributed by atoms with Crippen molar-refractivity contribution in [3.05, 3.63) is 101 Å². The topological polar surface area (TPSA) is 51.1 Å². The number of aryl methyl sites for hydroxylation is 1. The maximum atomic E-state index is 13.3. The standard InChI is InChI=1S/C26H26N2O3/c1-19-12-14-21(15-13-19)26(29)28(17-20-8-4-3-5-9-20)18-22-16-24(27-31-22)23-10-6-7-11-25(23)30-2/h3-15,22H,16-18H2,1-2H3/t22-/m0/s1. The van der Waals surface area contributed by atoms with Crippen molar-refractivity contribution >= 4 is 11.6 Å². The SMILES string of the molecule is COc1ccccc1C1=NO[C@H](CN(Cc2ccccc2)C(=O)c2ccc(C)cc2)C1. The van der Waals surface area contributed by atoms with E-state index in [-0.39, 0.29) is 12.0 Å². The Labute approximate surface area is 182 Å². The van der Waals surface area contributed by atoms with Gasteiger partial charge in [0.25, 0.3) is 5.91 Å². The molecule has 0 aliphatic carbocycles. The summed E-state index contributed by atoms with van der Waals surface area (Å²) in [4.78, 5) is 20.9. The van der Waals surface area contributed by atoms with Crippen LogP contribution in [0.3, 0.4) is 0 Å². The van der Waals surface area contributed by atoms with E-state index in [1.807, 2.05) is 90.7 Å². The Hall–Kier alpha value is -3.60. The van der Waals surface area contributed by atoms with Gasteiger partial charge >= 0.3 is 0 Å². The molecule has 1 amide bonds. The number of nitrogens with zero attached hydrogens (tertiary/aromatic N) is 2. The van der Waals surface area contributed by atoms with Gasteiger partial charge in [-0.25, -0.2) is 0 Å². The summed E-state index contributed by atoms with van der Waals surface area (Å²) < 4.78 is 5.46. The third kappa shape index (κ3) is 4.94. The van der Waals surface area contributed by atoms with Gasteiger partial charge in [-0.15, -0.1) is 0 Å². The number of para-hydroxylation sites is 1. The van der Waals surface area contributed by atoms with E-state index >= 15 is 0 Å². The molecule has 0 unspecified atom stereocenters. The second-order valence-electron chi connectivity index (χ2n) is 7.71. The molecule has 0 bridgehead atoms. The van der Waals surface area contributed by atoms with E-state index in [9.17, 15) is 4.79 Å². The molecule has 3 aromatic rings. The first kappa shape index (κ1) is 20.7. The molecule has 0 spiro atoms. The van der Waals surface area contributed by atoms with E-state index in [4.69, 9.17) is 9.57 Å². The fraction of sp³-hybridized carbons (Fsp3) is 0.231. The van der Waals surface area contributed by atoms with E-state index < -0.39 is 0 Å². The molecule has 0 fully saturated rings. The van der Waals surface area contributed by atoms with Gasteiger partial charge in [0, 0.05) is 24.1 Å². The molecule has 0 saturated heterocycles. The third-order valence-corrected chi connectivity index (χ3v) is 5.38. The molecule has 158 valence electrons. The maximum absolute atomic E-state index is 13.3. The van der Waals surface area contributed by atoms with Gasteiger partial charge in [0.2, 0.25) is 0 Å². The number of benzene rings is 3. The quantitative estimate of drug-likeness (QED) is 0.556. The van der Waals surface area contributed by atoms with Crippen LogP contribution in [0.4, 0.5) is 0 Å². The van der Waals surface area contributed by atoms with Crippen LogP contribution in [0.5, 0.6) is 5.75 Å². The summed E-state index contributed by atoms with van der Waals surface area (Å²) >= 11 is 0. The number of ether oxygens (including phenoxy) is 1. The van der Waals surface area contributed by atoms with E-state index in [0.717, 1.165) is 28.2 Å². The lowest BCUT2D eigenvalue weighted by Gasteiger charge is -2.25. The summed E-state index contributed by atoms with van der Waals surface area (Å²) in [5.74, 6) is 0.751. The molecule has 3 aromatic carbocycles. The van der Waals surface area contributed by atoms with Crippen molar-refractivity contribution in [2.24, 2.45) is 5.16 Å². The third-order valence-electron chi connectivity index (χ3n) is 5.38. The van der Waals surface area contributed by atoms with Crippen LogP contribution in [0.15, 0.2) is 84.0 Å². The van der Waals surface area contributed by atoms with Crippen LogP contribution in [-0.4, -0.2) is 36.3 Å². The number of carbonyl (C=O) groups is 1. The number of methoxy groups -OCH3 is 1. The fourth-order valence-electron chi connectivity index (χ4n) is 3.72. The molecule has 0 aromatic heterocycles. The first-order valence-electron chi connectivity index (χ1n) is 10.4. The Balaban J connectivity index is 1.51. The lowest BCUT2D eigenvalue weighted by Crippen LogP contribution is -2.37. The van der Waals surface area contributed by atoms with E-state index in [0.29, 0.717) is 25.1 Å².